The summed E-state index contributed by atoms with van der Waals surface area (Å²) in [4.78, 5) is 11.3. The van der Waals surface area contributed by atoms with Gasteiger partial charge in [-0.2, -0.15) is 0 Å². The van der Waals surface area contributed by atoms with E-state index in [0.717, 1.165) is 71.3 Å². The van der Waals surface area contributed by atoms with E-state index in [2.05, 4.69) is 63.1 Å². The highest BCUT2D eigenvalue weighted by Crippen LogP contribution is 2.39. The van der Waals surface area contributed by atoms with E-state index in [1.54, 1.807) is 7.11 Å². The van der Waals surface area contributed by atoms with Crippen molar-refractivity contribution in [2.75, 3.05) is 27.0 Å². The van der Waals surface area contributed by atoms with Crippen molar-refractivity contribution in [3.63, 3.8) is 0 Å². The molecule has 1 fully saturated rings. The van der Waals surface area contributed by atoms with Gasteiger partial charge in [-0.25, -0.2) is 4.98 Å². The summed E-state index contributed by atoms with van der Waals surface area (Å²) >= 11 is 0. The molecule has 5 aromatic rings. The molecule has 188 valence electrons. The second-order valence-corrected chi connectivity index (χ2v) is 9.87. The van der Waals surface area contributed by atoms with Gasteiger partial charge < -0.3 is 23.6 Å². The predicted molar refractivity (Wildman–Crippen MR) is 143 cm³/mol. The van der Waals surface area contributed by atoms with Crippen molar-refractivity contribution < 1.29 is 14.2 Å². The van der Waals surface area contributed by atoms with Crippen molar-refractivity contribution in [2.45, 2.75) is 31.7 Å². The molecule has 3 aromatic heterocycles. The SMILES string of the molecule is COc1ccc2[nH]cc(CCN3CCCCC3c3nc(-c4ccc5c(c4)OCO5)c4ccccn34)c2c1. The Morgan fingerprint density at radius 1 is 1.05 bits per heavy atom. The standard InChI is InChI=1S/C30H30N4O3/c1-35-22-9-10-24-23(17-22)21(18-31-24)12-15-33-13-4-2-7-26(33)30-32-29(25-6-3-5-14-34(25)30)20-8-11-27-28(16-20)37-19-36-27/h3,5-6,8-11,14,16-18,26,31H,2,4,7,12-13,15,19H2,1H3. The van der Waals surface area contributed by atoms with Crippen LogP contribution in [0.5, 0.6) is 17.2 Å². The molecule has 1 atom stereocenters. The molecule has 0 spiro atoms. The Bertz CT molecular complexity index is 1590. The van der Waals surface area contributed by atoms with E-state index in [1.807, 2.05) is 18.2 Å². The highest BCUT2D eigenvalue weighted by Gasteiger charge is 2.29. The number of hydrogen-bond donors (Lipinski definition) is 1. The van der Waals surface area contributed by atoms with E-state index in [1.165, 1.54) is 23.8 Å². The van der Waals surface area contributed by atoms with Crippen LogP contribution in [0.2, 0.25) is 0 Å². The maximum Gasteiger partial charge on any atom is 0.231 e. The number of nitrogens with zero attached hydrogens (tertiary/aromatic N) is 3. The number of rotatable bonds is 6. The fourth-order valence-electron chi connectivity index (χ4n) is 5.86. The number of nitrogens with one attached hydrogen (secondary N) is 1. The van der Waals surface area contributed by atoms with E-state index in [0.29, 0.717) is 0 Å². The number of imidazole rings is 1. The van der Waals surface area contributed by atoms with Crippen LogP contribution in [0.3, 0.4) is 0 Å². The smallest absolute Gasteiger partial charge is 0.231 e. The van der Waals surface area contributed by atoms with Gasteiger partial charge in [0.15, 0.2) is 11.5 Å². The molecule has 7 heteroatoms. The van der Waals surface area contributed by atoms with Crippen molar-refractivity contribution in [1.29, 1.82) is 0 Å². The van der Waals surface area contributed by atoms with Gasteiger partial charge in [0.1, 0.15) is 11.6 Å². The Labute approximate surface area is 215 Å². The van der Waals surface area contributed by atoms with Gasteiger partial charge in [0.2, 0.25) is 6.79 Å². The van der Waals surface area contributed by atoms with Crippen LogP contribution in [0.1, 0.15) is 36.7 Å². The third kappa shape index (κ3) is 3.90. The number of likely N-dealkylation sites (tertiary alicyclic amines) is 1. The maximum atomic E-state index is 5.65. The second kappa shape index (κ2) is 9.16. The van der Waals surface area contributed by atoms with Crippen LogP contribution < -0.4 is 14.2 Å². The number of methoxy groups -OCH3 is 1. The van der Waals surface area contributed by atoms with Crippen LogP contribution in [-0.4, -0.2) is 46.3 Å². The van der Waals surface area contributed by atoms with Gasteiger partial charge in [0.05, 0.1) is 24.4 Å². The Morgan fingerprint density at radius 3 is 2.95 bits per heavy atom. The molecule has 0 saturated carbocycles. The number of ether oxygens (including phenoxy) is 3. The largest absolute Gasteiger partial charge is 0.497 e. The number of hydrogen-bond acceptors (Lipinski definition) is 5. The summed E-state index contributed by atoms with van der Waals surface area (Å²) < 4.78 is 18.9. The van der Waals surface area contributed by atoms with Gasteiger partial charge in [-0.1, -0.05) is 12.5 Å². The minimum atomic E-state index is 0.270. The lowest BCUT2D eigenvalue weighted by Gasteiger charge is -2.35. The minimum Gasteiger partial charge on any atom is -0.497 e. The summed E-state index contributed by atoms with van der Waals surface area (Å²) in [6.45, 7) is 2.33. The highest BCUT2D eigenvalue weighted by molar-refractivity contribution is 5.84. The fourth-order valence-corrected chi connectivity index (χ4v) is 5.86. The quantitative estimate of drug-likeness (QED) is 0.314. The first kappa shape index (κ1) is 22.2. The van der Waals surface area contributed by atoms with Crippen LogP contribution in [0, 0.1) is 0 Å². The first-order valence-corrected chi connectivity index (χ1v) is 13.0. The van der Waals surface area contributed by atoms with Gasteiger partial charge >= 0.3 is 0 Å². The molecule has 0 amide bonds. The third-order valence-corrected chi connectivity index (χ3v) is 7.78. The average molecular weight is 495 g/mol. The van der Waals surface area contributed by atoms with E-state index < -0.39 is 0 Å². The zero-order valence-corrected chi connectivity index (χ0v) is 20.9. The van der Waals surface area contributed by atoms with Gasteiger partial charge in [-0.15, -0.1) is 0 Å². The molecule has 7 rings (SSSR count). The van der Waals surface area contributed by atoms with Gasteiger partial charge in [0, 0.05) is 35.4 Å². The monoisotopic (exact) mass is 494 g/mol. The Kier molecular flexibility index (Phi) is 5.51. The second-order valence-electron chi connectivity index (χ2n) is 9.87. The molecule has 1 N–H and O–H groups in total. The zero-order chi connectivity index (χ0) is 24.8. The molecule has 1 saturated heterocycles. The number of aromatic amines is 1. The first-order valence-electron chi connectivity index (χ1n) is 13.0. The zero-order valence-electron chi connectivity index (χ0n) is 20.9. The molecule has 2 aromatic carbocycles. The Morgan fingerprint density at radius 2 is 2.00 bits per heavy atom. The predicted octanol–water partition coefficient (Wildman–Crippen LogP) is 5.99. The van der Waals surface area contributed by atoms with Gasteiger partial charge in [-0.3, -0.25) is 4.90 Å². The van der Waals surface area contributed by atoms with Crippen LogP contribution in [-0.2, 0) is 6.42 Å². The van der Waals surface area contributed by atoms with E-state index in [4.69, 9.17) is 19.2 Å². The fraction of sp³-hybridized carbons (Fsp3) is 0.300. The summed E-state index contributed by atoms with van der Waals surface area (Å²) in [5, 5.41) is 1.24. The van der Waals surface area contributed by atoms with E-state index >= 15 is 0 Å². The van der Waals surface area contributed by atoms with Crippen molar-refractivity contribution in [1.82, 2.24) is 19.3 Å². The van der Waals surface area contributed by atoms with Crippen LogP contribution in [0.15, 0.2) is 67.0 Å². The van der Waals surface area contributed by atoms with Gasteiger partial charge in [-0.05, 0) is 79.9 Å². The molecule has 37 heavy (non-hydrogen) atoms. The number of fused-ring (bicyclic) bond motifs is 3. The first-order chi connectivity index (χ1) is 18.3. The molecule has 2 aliphatic heterocycles. The molecule has 7 nitrogen and oxygen atoms in total. The summed E-state index contributed by atoms with van der Waals surface area (Å²) in [5.74, 6) is 3.58. The normalized spacial score (nSPS) is 17.6. The molecule has 0 radical (unpaired) electrons. The maximum absolute atomic E-state index is 5.65. The van der Waals surface area contributed by atoms with Crippen LogP contribution >= 0.6 is 0 Å². The molecular formula is C30H30N4O3. The average Bonchev–Trinajstić information content (AvgIpc) is 3.68. The lowest BCUT2D eigenvalue weighted by molar-refractivity contribution is 0.143. The lowest BCUT2D eigenvalue weighted by atomic mass is 10.00. The Balaban J connectivity index is 1.21. The van der Waals surface area contributed by atoms with Crippen LogP contribution in [0.4, 0.5) is 0 Å². The Hall–Kier alpha value is -3.97. The van der Waals surface area contributed by atoms with Gasteiger partial charge in [0.25, 0.3) is 0 Å². The highest BCUT2D eigenvalue weighted by atomic mass is 16.7. The summed E-state index contributed by atoms with van der Waals surface area (Å²) in [5.41, 5.74) is 5.63. The topological polar surface area (TPSA) is 64.0 Å². The van der Waals surface area contributed by atoms with Crippen molar-refractivity contribution in [2.24, 2.45) is 0 Å². The number of aromatic nitrogens is 3. The molecule has 0 bridgehead atoms. The number of piperidine rings is 1. The van der Waals surface area contributed by atoms with Crippen molar-refractivity contribution in [3.8, 4) is 28.5 Å². The minimum absolute atomic E-state index is 0.270. The van der Waals surface area contributed by atoms with E-state index in [-0.39, 0.29) is 12.8 Å². The van der Waals surface area contributed by atoms with Crippen LogP contribution in [0.25, 0.3) is 27.7 Å². The number of pyridine rings is 1. The summed E-state index contributed by atoms with van der Waals surface area (Å²) in [6.07, 6.45) is 8.81. The van der Waals surface area contributed by atoms with E-state index in [9.17, 15) is 0 Å². The summed E-state index contributed by atoms with van der Waals surface area (Å²) in [7, 11) is 1.72. The molecule has 2 aliphatic rings. The number of benzene rings is 2. The molecular weight excluding hydrogens is 464 g/mol. The molecule has 5 heterocycles. The third-order valence-electron chi connectivity index (χ3n) is 7.78. The van der Waals surface area contributed by atoms with Crippen molar-refractivity contribution >= 4 is 16.4 Å². The summed E-state index contributed by atoms with van der Waals surface area (Å²) in [6, 6.07) is 18.9. The lowest BCUT2D eigenvalue weighted by Crippen LogP contribution is -2.36. The molecule has 1 unspecified atom stereocenters. The number of H-pyrrole nitrogens is 1. The van der Waals surface area contributed by atoms with Crippen molar-refractivity contribution in [3.05, 3.63) is 78.4 Å². The molecule has 0 aliphatic carbocycles.